The minimum atomic E-state index is -0.222. The van der Waals surface area contributed by atoms with Gasteiger partial charge >= 0.3 is 0 Å². The average molecular weight is 248 g/mol. The van der Waals surface area contributed by atoms with Gasteiger partial charge in [0.25, 0.3) is 0 Å². The van der Waals surface area contributed by atoms with E-state index in [-0.39, 0.29) is 17.6 Å². The van der Waals surface area contributed by atoms with Crippen LogP contribution in [0.2, 0.25) is 0 Å². The molecule has 0 aromatic heterocycles. The van der Waals surface area contributed by atoms with Gasteiger partial charge in [-0.2, -0.15) is 0 Å². The van der Waals surface area contributed by atoms with Crippen molar-refractivity contribution in [3.63, 3.8) is 0 Å². The maximum absolute atomic E-state index is 10.4. The van der Waals surface area contributed by atoms with Gasteiger partial charge in [0.05, 0.1) is 11.9 Å². The fourth-order valence-electron chi connectivity index (χ4n) is 4.48. The van der Waals surface area contributed by atoms with Crippen LogP contribution >= 0.6 is 0 Å². The Labute approximate surface area is 110 Å². The maximum Gasteiger partial charge on any atom is 0.109 e. The molecule has 2 heteroatoms. The van der Waals surface area contributed by atoms with Gasteiger partial charge in [-0.25, -0.2) is 0 Å². The molecular weight excluding hydrogens is 224 g/mol. The van der Waals surface area contributed by atoms with Crippen LogP contribution < -0.4 is 0 Å². The molecule has 1 aliphatic heterocycles. The van der Waals surface area contributed by atoms with E-state index in [1.807, 2.05) is 0 Å². The SMILES string of the molecule is C=C1OC2C(CCC3(C)C(O)CC=C(C)C23)C1C. The van der Waals surface area contributed by atoms with E-state index in [2.05, 4.69) is 33.4 Å². The quantitative estimate of drug-likeness (QED) is 0.667. The number of aliphatic hydroxyl groups is 1. The van der Waals surface area contributed by atoms with Crippen molar-refractivity contribution in [3.8, 4) is 0 Å². The molecule has 1 heterocycles. The first-order valence-electron chi connectivity index (χ1n) is 7.15. The molecule has 3 rings (SSSR count). The van der Waals surface area contributed by atoms with Crippen LogP contribution in [0.5, 0.6) is 0 Å². The molecule has 2 nitrogen and oxygen atoms in total. The standard InChI is InChI=1S/C16H24O2/c1-9-5-6-13(17)16(4)8-7-12-10(2)11(3)18-15(12)14(9)16/h5,10,12-15,17H,3,6-8H2,1-2,4H3. The summed E-state index contributed by atoms with van der Waals surface area (Å²) < 4.78 is 6.08. The van der Waals surface area contributed by atoms with Crippen LogP contribution in [0.15, 0.2) is 24.0 Å². The molecule has 18 heavy (non-hydrogen) atoms. The molecule has 1 N–H and O–H groups in total. The van der Waals surface area contributed by atoms with E-state index in [0.717, 1.165) is 25.0 Å². The first-order valence-corrected chi connectivity index (χ1v) is 7.15. The Balaban J connectivity index is 2.00. The van der Waals surface area contributed by atoms with Crippen LogP contribution in [0, 0.1) is 23.2 Å². The zero-order valence-corrected chi connectivity index (χ0v) is 11.6. The van der Waals surface area contributed by atoms with Gasteiger partial charge in [0.1, 0.15) is 6.10 Å². The van der Waals surface area contributed by atoms with Gasteiger partial charge in [-0.15, -0.1) is 0 Å². The highest BCUT2D eigenvalue weighted by atomic mass is 16.5. The summed E-state index contributed by atoms with van der Waals surface area (Å²) in [5.41, 5.74) is 1.39. The van der Waals surface area contributed by atoms with E-state index < -0.39 is 0 Å². The Morgan fingerprint density at radius 2 is 2.22 bits per heavy atom. The van der Waals surface area contributed by atoms with Crippen LogP contribution in [-0.2, 0) is 4.74 Å². The van der Waals surface area contributed by atoms with Crippen LogP contribution in [0.3, 0.4) is 0 Å². The highest BCUT2D eigenvalue weighted by Gasteiger charge is 2.56. The van der Waals surface area contributed by atoms with Crippen LogP contribution in [0.25, 0.3) is 0 Å². The third-order valence-corrected chi connectivity index (χ3v) is 5.83. The second-order valence-corrected chi connectivity index (χ2v) is 6.72. The van der Waals surface area contributed by atoms with Gasteiger partial charge in [0.2, 0.25) is 0 Å². The lowest BCUT2D eigenvalue weighted by Gasteiger charge is -2.52. The molecule has 3 aliphatic rings. The summed E-state index contributed by atoms with van der Waals surface area (Å²) in [4.78, 5) is 0. The zero-order valence-electron chi connectivity index (χ0n) is 11.6. The molecule has 100 valence electrons. The molecule has 0 aromatic rings. The summed E-state index contributed by atoms with van der Waals surface area (Å²) in [6, 6.07) is 0. The molecule has 6 unspecified atom stereocenters. The van der Waals surface area contributed by atoms with Crippen molar-refractivity contribution in [1.82, 2.24) is 0 Å². The molecule has 0 spiro atoms. The molecule has 1 saturated carbocycles. The minimum Gasteiger partial charge on any atom is -0.494 e. The van der Waals surface area contributed by atoms with Crippen molar-refractivity contribution in [2.45, 2.75) is 52.2 Å². The molecule has 0 aromatic carbocycles. The van der Waals surface area contributed by atoms with E-state index >= 15 is 0 Å². The van der Waals surface area contributed by atoms with Gasteiger partial charge in [-0.05, 0) is 26.2 Å². The Hall–Kier alpha value is -0.760. The van der Waals surface area contributed by atoms with Crippen LogP contribution in [0.1, 0.15) is 40.0 Å². The Bertz CT molecular complexity index is 411. The zero-order chi connectivity index (χ0) is 13.1. The number of hydrogen-bond donors (Lipinski definition) is 1. The number of aliphatic hydroxyl groups excluding tert-OH is 1. The van der Waals surface area contributed by atoms with Crippen molar-refractivity contribution in [1.29, 1.82) is 0 Å². The van der Waals surface area contributed by atoms with Crippen molar-refractivity contribution in [2.75, 3.05) is 0 Å². The lowest BCUT2D eigenvalue weighted by molar-refractivity contribution is -0.0909. The third-order valence-electron chi connectivity index (χ3n) is 5.83. The number of rotatable bonds is 0. The molecule has 1 saturated heterocycles. The smallest absolute Gasteiger partial charge is 0.109 e. The summed E-state index contributed by atoms with van der Waals surface area (Å²) in [7, 11) is 0. The number of fused-ring (bicyclic) bond motifs is 3. The van der Waals surface area contributed by atoms with E-state index in [4.69, 9.17) is 4.74 Å². The fraction of sp³-hybridized carbons (Fsp3) is 0.750. The van der Waals surface area contributed by atoms with Gasteiger partial charge in [-0.3, -0.25) is 0 Å². The third kappa shape index (κ3) is 1.45. The Kier molecular flexibility index (Phi) is 2.64. The predicted molar refractivity (Wildman–Crippen MR) is 71.9 cm³/mol. The predicted octanol–water partition coefficient (Wildman–Crippen LogP) is 3.28. The van der Waals surface area contributed by atoms with Crippen molar-refractivity contribution in [3.05, 3.63) is 24.0 Å². The summed E-state index contributed by atoms with van der Waals surface area (Å²) >= 11 is 0. The molecular formula is C16H24O2. The van der Waals surface area contributed by atoms with E-state index in [1.165, 1.54) is 5.57 Å². The lowest BCUT2D eigenvalue weighted by Crippen LogP contribution is -2.52. The normalized spacial score (nSPS) is 51.2. The van der Waals surface area contributed by atoms with Crippen LogP contribution in [0.4, 0.5) is 0 Å². The number of ether oxygens (including phenoxy) is 1. The van der Waals surface area contributed by atoms with Crippen molar-refractivity contribution < 1.29 is 9.84 Å². The highest BCUT2D eigenvalue weighted by Crippen LogP contribution is 2.57. The maximum atomic E-state index is 10.4. The molecule has 2 fully saturated rings. The first-order chi connectivity index (χ1) is 8.45. The summed E-state index contributed by atoms with van der Waals surface area (Å²) in [6.07, 6.45) is 5.27. The molecule has 0 bridgehead atoms. The van der Waals surface area contributed by atoms with Crippen LogP contribution in [-0.4, -0.2) is 17.3 Å². The van der Waals surface area contributed by atoms with E-state index in [1.54, 1.807) is 0 Å². The van der Waals surface area contributed by atoms with Crippen molar-refractivity contribution in [2.24, 2.45) is 23.2 Å². The number of hydrogen-bond acceptors (Lipinski definition) is 2. The van der Waals surface area contributed by atoms with Gasteiger partial charge in [0.15, 0.2) is 0 Å². The van der Waals surface area contributed by atoms with E-state index in [9.17, 15) is 5.11 Å². The highest BCUT2D eigenvalue weighted by molar-refractivity contribution is 5.23. The summed E-state index contributed by atoms with van der Waals surface area (Å²) in [6.45, 7) is 10.7. The van der Waals surface area contributed by atoms with Gasteiger partial charge < -0.3 is 9.84 Å². The second-order valence-electron chi connectivity index (χ2n) is 6.72. The molecule has 2 aliphatic carbocycles. The van der Waals surface area contributed by atoms with Gasteiger partial charge in [0, 0.05) is 23.2 Å². The number of allylic oxidation sites excluding steroid dienone is 1. The molecule has 0 amide bonds. The first kappa shape index (κ1) is 12.3. The molecule has 6 atom stereocenters. The fourth-order valence-corrected chi connectivity index (χ4v) is 4.48. The van der Waals surface area contributed by atoms with E-state index in [0.29, 0.717) is 17.8 Å². The molecule has 0 radical (unpaired) electrons. The topological polar surface area (TPSA) is 29.5 Å². The lowest BCUT2D eigenvalue weighted by atomic mass is 9.55. The Morgan fingerprint density at radius 3 is 2.94 bits per heavy atom. The largest absolute Gasteiger partial charge is 0.494 e. The summed E-state index contributed by atoms with van der Waals surface area (Å²) in [5, 5.41) is 10.4. The minimum absolute atomic E-state index is 0.00958. The summed E-state index contributed by atoms with van der Waals surface area (Å²) in [5.74, 6) is 2.36. The Morgan fingerprint density at radius 1 is 1.50 bits per heavy atom. The average Bonchev–Trinajstić information content (AvgIpc) is 2.60. The van der Waals surface area contributed by atoms with Gasteiger partial charge in [-0.1, -0.05) is 32.1 Å². The monoisotopic (exact) mass is 248 g/mol. The van der Waals surface area contributed by atoms with Crippen molar-refractivity contribution >= 4 is 0 Å². The second kappa shape index (κ2) is 3.86.